The summed E-state index contributed by atoms with van der Waals surface area (Å²) in [6, 6.07) is -0.303. The van der Waals surface area contributed by atoms with E-state index in [4.69, 9.17) is 0 Å². The number of nitrogens with one attached hydrogen (secondary N) is 1. The average molecular weight is 142 g/mol. The van der Waals surface area contributed by atoms with Crippen molar-refractivity contribution in [2.45, 2.75) is 6.92 Å². The van der Waals surface area contributed by atoms with E-state index in [1.165, 1.54) is 4.90 Å². The topological polar surface area (TPSA) is 49.4 Å². The second-order valence-corrected chi connectivity index (χ2v) is 2.58. The summed E-state index contributed by atoms with van der Waals surface area (Å²) < 4.78 is 0. The fourth-order valence-corrected chi connectivity index (χ4v) is 0.901. The van der Waals surface area contributed by atoms with Gasteiger partial charge in [0.1, 0.15) is 0 Å². The van der Waals surface area contributed by atoms with Gasteiger partial charge in [-0.2, -0.15) is 0 Å². The van der Waals surface area contributed by atoms with Crippen molar-refractivity contribution in [1.82, 2.24) is 10.2 Å². The maximum absolute atomic E-state index is 10.8. The molecule has 0 aromatic rings. The molecule has 3 amide bonds. The molecule has 4 heteroatoms. The standard InChI is InChI=1S/C6H10N2O2/c1-4-3-8(2)6(10)7-5(4)9/h4H,3H2,1-2H3,(H,7,9,10)/t4-/m1/s1. The summed E-state index contributed by atoms with van der Waals surface area (Å²) >= 11 is 0. The van der Waals surface area contributed by atoms with E-state index < -0.39 is 0 Å². The first-order valence-corrected chi connectivity index (χ1v) is 3.17. The van der Waals surface area contributed by atoms with Crippen molar-refractivity contribution < 1.29 is 9.59 Å². The number of hydrogen-bond acceptors (Lipinski definition) is 2. The SMILES string of the molecule is C[C@@H]1CN(C)C(=O)NC1=O. The van der Waals surface area contributed by atoms with Gasteiger partial charge in [-0.25, -0.2) is 4.79 Å². The van der Waals surface area contributed by atoms with Gasteiger partial charge < -0.3 is 4.90 Å². The van der Waals surface area contributed by atoms with E-state index in [1.807, 2.05) is 0 Å². The van der Waals surface area contributed by atoms with Gasteiger partial charge in [0.25, 0.3) is 0 Å². The molecule has 0 aliphatic carbocycles. The highest BCUT2D eigenvalue weighted by Gasteiger charge is 2.25. The monoisotopic (exact) mass is 142 g/mol. The first-order valence-electron chi connectivity index (χ1n) is 3.17. The molecule has 0 saturated carbocycles. The first-order chi connectivity index (χ1) is 4.61. The number of rotatable bonds is 0. The van der Waals surface area contributed by atoms with Crippen molar-refractivity contribution in [3.63, 3.8) is 0 Å². The van der Waals surface area contributed by atoms with E-state index in [-0.39, 0.29) is 17.9 Å². The molecule has 1 N–H and O–H groups in total. The molecule has 4 nitrogen and oxygen atoms in total. The third-order valence-corrected chi connectivity index (χ3v) is 1.57. The highest BCUT2D eigenvalue weighted by Crippen LogP contribution is 2.03. The Morgan fingerprint density at radius 3 is 2.70 bits per heavy atom. The number of nitrogens with zero attached hydrogens (tertiary/aromatic N) is 1. The van der Waals surface area contributed by atoms with Crippen LogP contribution in [0.1, 0.15) is 6.92 Å². The molecule has 0 aromatic carbocycles. The van der Waals surface area contributed by atoms with Crippen LogP contribution < -0.4 is 5.32 Å². The molecule has 0 radical (unpaired) electrons. The van der Waals surface area contributed by atoms with Crippen LogP contribution in [0.2, 0.25) is 0 Å². The van der Waals surface area contributed by atoms with Crippen LogP contribution in [-0.2, 0) is 4.79 Å². The Labute approximate surface area is 59.2 Å². The van der Waals surface area contributed by atoms with E-state index >= 15 is 0 Å². The van der Waals surface area contributed by atoms with E-state index in [9.17, 15) is 9.59 Å². The summed E-state index contributed by atoms with van der Waals surface area (Å²) in [5.41, 5.74) is 0. The number of urea groups is 1. The number of imide groups is 1. The minimum atomic E-state index is -0.303. The third kappa shape index (κ3) is 1.10. The van der Waals surface area contributed by atoms with Crippen LogP contribution in [0.5, 0.6) is 0 Å². The molecule has 1 fully saturated rings. The first kappa shape index (κ1) is 7.05. The molecular weight excluding hydrogens is 132 g/mol. The van der Waals surface area contributed by atoms with Gasteiger partial charge in [-0.05, 0) is 0 Å². The summed E-state index contributed by atoms with van der Waals surface area (Å²) in [6.07, 6.45) is 0. The van der Waals surface area contributed by atoms with Crippen molar-refractivity contribution in [2.75, 3.05) is 13.6 Å². The van der Waals surface area contributed by atoms with Crippen LogP contribution >= 0.6 is 0 Å². The summed E-state index contributed by atoms with van der Waals surface area (Å²) in [5.74, 6) is -0.259. The maximum atomic E-state index is 10.8. The highest BCUT2D eigenvalue weighted by atomic mass is 16.2. The number of amides is 3. The number of carbonyl (C=O) groups is 2. The predicted molar refractivity (Wildman–Crippen MR) is 35.3 cm³/mol. The zero-order valence-corrected chi connectivity index (χ0v) is 6.05. The van der Waals surface area contributed by atoms with Gasteiger partial charge in [0.05, 0.1) is 5.92 Å². The molecule has 0 unspecified atom stereocenters. The quantitative estimate of drug-likeness (QED) is 0.509. The van der Waals surface area contributed by atoms with E-state index in [2.05, 4.69) is 5.32 Å². The Morgan fingerprint density at radius 1 is 1.60 bits per heavy atom. The predicted octanol–water partition coefficient (Wildman–Crippen LogP) is -0.196. The Kier molecular flexibility index (Phi) is 1.61. The molecule has 0 aromatic heterocycles. The Morgan fingerprint density at radius 2 is 2.20 bits per heavy atom. The Bertz CT molecular complexity index is 161. The number of carbonyl (C=O) groups excluding carboxylic acids is 2. The zero-order chi connectivity index (χ0) is 7.72. The van der Waals surface area contributed by atoms with Gasteiger partial charge in [0.15, 0.2) is 0 Å². The van der Waals surface area contributed by atoms with E-state index in [0.717, 1.165) is 0 Å². The minimum absolute atomic E-state index is 0.0808. The van der Waals surface area contributed by atoms with Crippen LogP contribution in [0.15, 0.2) is 0 Å². The van der Waals surface area contributed by atoms with Crippen molar-refractivity contribution >= 4 is 11.9 Å². The molecule has 1 aliphatic heterocycles. The van der Waals surface area contributed by atoms with Crippen molar-refractivity contribution in [3.05, 3.63) is 0 Å². The Hall–Kier alpha value is -1.06. The average Bonchev–Trinajstić information content (AvgIpc) is 1.84. The second-order valence-electron chi connectivity index (χ2n) is 2.58. The van der Waals surface area contributed by atoms with E-state index in [0.29, 0.717) is 6.54 Å². The summed E-state index contributed by atoms with van der Waals surface area (Å²) in [4.78, 5) is 23.0. The lowest BCUT2D eigenvalue weighted by Crippen LogP contribution is -2.51. The number of hydrogen-bond donors (Lipinski definition) is 1. The maximum Gasteiger partial charge on any atom is 0.323 e. The molecule has 1 heterocycles. The second kappa shape index (κ2) is 2.28. The highest BCUT2D eigenvalue weighted by molar-refractivity contribution is 5.97. The molecule has 1 rings (SSSR count). The van der Waals surface area contributed by atoms with Gasteiger partial charge in [0, 0.05) is 13.6 Å². The molecule has 1 aliphatic rings. The lowest BCUT2D eigenvalue weighted by molar-refractivity contribution is -0.125. The van der Waals surface area contributed by atoms with Crippen LogP contribution in [0.25, 0.3) is 0 Å². The van der Waals surface area contributed by atoms with Gasteiger partial charge in [-0.1, -0.05) is 6.92 Å². The summed E-state index contributed by atoms with van der Waals surface area (Å²) in [5, 5.41) is 2.23. The van der Waals surface area contributed by atoms with Gasteiger partial charge in [-0.15, -0.1) is 0 Å². The molecule has 0 spiro atoms. The van der Waals surface area contributed by atoms with Crippen LogP contribution in [0.4, 0.5) is 4.79 Å². The fourth-order valence-electron chi connectivity index (χ4n) is 0.901. The lowest BCUT2D eigenvalue weighted by Gasteiger charge is -2.26. The van der Waals surface area contributed by atoms with Gasteiger partial charge in [-0.3, -0.25) is 10.1 Å². The molecular formula is C6H10N2O2. The van der Waals surface area contributed by atoms with Crippen LogP contribution in [-0.4, -0.2) is 30.4 Å². The van der Waals surface area contributed by atoms with E-state index in [1.54, 1.807) is 14.0 Å². The zero-order valence-electron chi connectivity index (χ0n) is 6.05. The minimum Gasteiger partial charge on any atom is -0.327 e. The molecule has 56 valence electrons. The van der Waals surface area contributed by atoms with Crippen LogP contribution in [0.3, 0.4) is 0 Å². The van der Waals surface area contributed by atoms with Gasteiger partial charge >= 0.3 is 6.03 Å². The van der Waals surface area contributed by atoms with Crippen molar-refractivity contribution in [3.8, 4) is 0 Å². The molecule has 10 heavy (non-hydrogen) atoms. The Balaban J connectivity index is 2.63. The van der Waals surface area contributed by atoms with Crippen molar-refractivity contribution in [1.29, 1.82) is 0 Å². The normalized spacial score (nSPS) is 26.6. The summed E-state index contributed by atoms with van der Waals surface area (Å²) in [6.45, 7) is 2.31. The fraction of sp³-hybridized carbons (Fsp3) is 0.667. The lowest BCUT2D eigenvalue weighted by atomic mass is 10.1. The van der Waals surface area contributed by atoms with Crippen LogP contribution in [0, 0.1) is 5.92 Å². The molecule has 0 bridgehead atoms. The largest absolute Gasteiger partial charge is 0.327 e. The smallest absolute Gasteiger partial charge is 0.323 e. The molecule has 1 atom stereocenters. The third-order valence-electron chi connectivity index (χ3n) is 1.57. The van der Waals surface area contributed by atoms with Gasteiger partial charge in [0.2, 0.25) is 5.91 Å². The summed E-state index contributed by atoms with van der Waals surface area (Å²) in [7, 11) is 1.66. The molecule has 1 saturated heterocycles. The van der Waals surface area contributed by atoms with Crippen molar-refractivity contribution in [2.24, 2.45) is 5.92 Å².